The van der Waals surface area contributed by atoms with Crippen LogP contribution >= 0.6 is 0 Å². The van der Waals surface area contributed by atoms with Gasteiger partial charge in [0.05, 0.1) is 12.8 Å². The standard InChI is InChI=1S/C35H49N7O/c1-23-5-2-3-6-25(23)19-37-34-38-20-28(18-36)33(41-34)39-22-35-15-24-13-26(16-35)32(27(14-24)17-35)40-29-8-10-30(11-9-29)42-12-4-7-31(42)21-43/h2-3,5-6,20,24,26-27,29-32,40,43H,4,7-17,19,21-22H2,1H3,(H2,37,38,39,41)/t24?,26-,27+,29?,30?,31-,32-,35-/m1/s1. The average Bonchev–Trinajstić information content (AvgIpc) is 3.51. The Morgan fingerprint density at radius 1 is 1.05 bits per heavy atom. The van der Waals surface area contributed by atoms with Gasteiger partial charge in [-0.05, 0) is 118 Å². The third-order valence-corrected chi connectivity index (χ3v) is 11.9. The van der Waals surface area contributed by atoms with Crippen LogP contribution in [0.15, 0.2) is 30.5 Å². The Hall–Kier alpha value is -2.73. The van der Waals surface area contributed by atoms with Crippen molar-refractivity contribution in [3.05, 3.63) is 47.2 Å². The van der Waals surface area contributed by atoms with Crippen LogP contribution in [-0.2, 0) is 6.54 Å². The number of aliphatic hydroxyl groups excluding tert-OH is 1. The first-order valence-corrected chi connectivity index (χ1v) is 16.9. The maximum Gasteiger partial charge on any atom is 0.224 e. The van der Waals surface area contributed by atoms with E-state index in [0.29, 0.717) is 60.1 Å². The quantitative estimate of drug-likeness (QED) is 0.301. The minimum Gasteiger partial charge on any atom is -0.395 e. The monoisotopic (exact) mass is 583 g/mol. The Morgan fingerprint density at radius 2 is 1.84 bits per heavy atom. The van der Waals surface area contributed by atoms with Crippen LogP contribution in [0.25, 0.3) is 0 Å². The number of nitrogens with one attached hydrogen (secondary N) is 3. The van der Waals surface area contributed by atoms with E-state index in [2.05, 4.69) is 63.1 Å². The molecule has 5 aliphatic carbocycles. The van der Waals surface area contributed by atoms with Crippen LogP contribution in [-0.4, -0.2) is 63.8 Å². The molecule has 5 saturated carbocycles. The third kappa shape index (κ3) is 6.01. The number of nitrogens with zero attached hydrogens (tertiary/aromatic N) is 4. The van der Waals surface area contributed by atoms with Crippen molar-refractivity contribution in [3.8, 4) is 6.07 Å². The van der Waals surface area contributed by atoms with E-state index in [-0.39, 0.29) is 0 Å². The highest BCUT2D eigenvalue weighted by Crippen LogP contribution is 2.60. The van der Waals surface area contributed by atoms with Crippen LogP contribution in [0.1, 0.15) is 87.3 Å². The van der Waals surface area contributed by atoms with E-state index in [4.69, 9.17) is 4.98 Å². The molecule has 4 N–H and O–H groups in total. The molecule has 0 amide bonds. The number of nitriles is 1. The van der Waals surface area contributed by atoms with Crippen molar-refractivity contribution >= 4 is 11.8 Å². The highest BCUT2D eigenvalue weighted by atomic mass is 16.3. The van der Waals surface area contributed by atoms with Gasteiger partial charge in [0, 0.05) is 37.3 Å². The zero-order chi connectivity index (χ0) is 29.4. The Balaban J connectivity index is 0.955. The predicted molar refractivity (Wildman–Crippen MR) is 170 cm³/mol. The minimum absolute atomic E-state index is 0.299. The fourth-order valence-electron chi connectivity index (χ4n) is 10.00. The van der Waals surface area contributed by atoms with Gasteiger partial charge in [-0.3, -0.25) is 4.90 Å². The summed E-state index contributed by atoms with van der Waals surface area (Å²) < 4.78 is 0. The fraction of sp³-hybridized carbons (Fsp3) is 0.686. The van der Waals surface area contributed by atoms with Gasteiger partial charge in [0.1, 0.15) is 17.5 Å². The molecule has 1 aliphatic heterocycles. The first kappa shape index (κ1) is 29.0. The van der Waals surface area contributed by atoms with E-state index in [0.717, 1.165) is 24.3 Å². The van der Waals surface area contributed by atoms with Gasteiger partial charge in [-0.25, -0.2) is 4.98 Å². The predicted octanol–water partition coefficient (Wildman–Crippen LogP) is 5.23. The summed E-state index contributed by atoms with van der Waals surface area (Å²) in [6.45, 7) is 5.16. The molecule has 0 spiro atoms. The SMILES string of the molecule is Cc1ccccc1CNc1ncc(C#N)c(NC[C@]23CC4C[C@H](C2)[C@@H](NC2CCC(N5CCC[C@@H]5CO)CC2)[C@@H](C4)C3)n1. The lowest BCUT2D eigenvalue weighted by Crippen LogP contribution is -2.61. The number of likely N-dealkylation sites (tertiary alicyclic amines) is 1. The average molecular weight is 584 g/mol. The molecule has 8 rings (SSSR count). The topological polar surface area (TPSA) is 109 Å². The molecule has 230 valence electrons. The molecule has 2 heterocycles. The molecule has 8 heteroatoms. The number of anilines is 2. The summed E-state index contributed by atoms with van der Waals surface area (Å²) >= 11 is 0. The van der Waals surface area contributed by atoms with Gasteiger partial charge in [-0.2, -0.15) is 10.2 Å². The van der Waals surface area contributed by atoms with Crippen molar-refractivity contribution in [1.29, 1.82) is 5.26 Å². The summed E-state index contributed by atoms with van der Waals surface area (Å²) in [7, 11) is 0. The molecule has 6 fully saturated rings. The summed E-state index contributed by atoms with van der Waals surface area (Å²) in [4.78, 5) is 11.8. The van der Waals surface area contributed by atoms with Crippen molar-refractivity contribution in [2.45, 2.75) is 108 Å². The molecular weight excluding hydrogens is 534 g/mol. The summed E-state index contributed by atoms with van der Waals surface area (Å²) in [5.74, 6) is 3.58. The Kier molecular flexibility index (Phi) is 8.32. The minimum atomic E-state index is 0.299. The Labute approximate surface area is 257 Å². The molecule has 1 unspecified atom stereocenters. The van der Waals surface area contributed by atoms with Crippen molar-refractivity contribution < 1.29 is 5.11 Å². The van der Waals surface area contributed by atoms with Crippen LogP contribution in [0.4, 0.5) is 11.8 Å². The van der Waals surface area contributed by atoms with E-state index >= 15 is 0 Å². The second-order valence-corrected chi connectivity index (χ2v) is 14.6. The first-order chi connectivity index (χ1) is 21.0. The number of aliphatic hydroxyl groups is 1. The zero-order valence-electron chi connectivity index (χ0n) is 25.8. The summed E-state index contributed by atoms with van der Waals surface area (Å²) in [6.07, 6.45) is 15.8. The van der Waals surface area contributed by atoms with Crippen LogP contribution in [0, 0.1) is 41.4 Å². The number of hydrogen-bond donors (Lipinski definition) is 4. The van der Waals surface area contributed by atoms with Crippen molar-refractivity contribution in [2.24, 2.45) is 23.2 Å². The maximum atomic E-state index is 9.80. The maximum absolute atomic E-state index is 9.80. The molecule has 43 heavy (non-hydrogen) atoms. The van der Waals surface area contributed by atoms with Gasteiger partial charge in [-0.15, -0.1) is 0 Å². The summed E-state index contributed by atoms with van der Waals surface area (Å²) in [5.41, 5.74) is 3.27. The Bertz CT molecular complexity index is 1300. The molecule has 6 atom stereocenters. The van der Waals surface area contributed by atoms with E-state index in [9.17, 15) is 10.4 Å². The Morgan fingerprint density at radius 3 is 2.58 bits per heavy atom. The second kappa shape index (κ2) is 12.3. The fourth-order valence-corrected chi connectivity index (χ4v) is 10.00. The van der Waals surface area contributed by atoms with Gasteiger partial charge < -0.3 is 21.1 Å². The lowest BCUT2D eigenvalue weighted by molar-refractivity contribution is -0.0735. The molecule has 1 aromatic heterocycles. The van der Waals surface area contributed by atoms with Gasteiger partial charge in [0.25, 0.3) is 0 Å². The van der Waals surface area contributed by atoms with Gasteiger partial charge in [-0.1, -0.05) is 24.3 Å². The van der Waals surface area contributed by atoms with Gasteiger partial charge in [0.15, 0.2) is 0 Å². The molecule has 1 aromatic carbocycles. The van der Waals surface area contributed by atoms with E-state index in [1.807, 2.05) is 0 Å². The molecule has 8 nitrogen and oxygen atoms in total. The largest absolute Gasteiger partial charge is 0.395 e. The van der Waals surface area contributed by atoms with E-state index < -0.39 is 0 Å². The van der Waals surface area contributed by atoms with Crippen LogP contribution in [0.3, 0.4) is 0 Å². The number of rotatable bonds is 10. The highest BCUT2D eigenvalue weighted by molar-refractivity contribution is 5.53. The van der Waals surface area contributed by atoms with Crippen molar-refractivity contribution in [2.75, 3.05) is 30.3 Å². The van der Waals surface area contributed by atoms with Crippen LogP contribution < -0.4 is 16.0 Å². The summed E-state index contributed by atoms with van der Waals surface area (Å²) in [6, 6.07) is 13.0. The number of aromatic nitrogens is 2. The van der Waals surface area contributed by atoms with E-state index in [1.54, 1.807) is 6.20 Å². The molecule has 0 radical (unpaired) electrons. The smallest absolute Gasteiger partial charge is 0.224 e. The summed E-state index contributed by atoms with van der Waals surface area (Å²) in [5, 5.41) is 30.8. The second-order valence-electron chi connectivity index (χ2n) is 14.6. The molecule has 1 saturated heterocycles. The number of hydrogen-bond acceptors (Lipinski definition) is 8. The normalized spacial score (nSPS) is 35.1. The molecule has 6 aliphatic rings. The third-order valence-electron chi connectivity index (χ3n) is 11.9. The number of benzene rings is 1. The van der Waals surface area contributed by atoms with Gasteiger partial charge in [0.2, 0.25) is 5.95 Å². The van der Waals surface area contributed by atoms with Crippen molar-refractivity contribution in [1.82, 2.24) is 20.2 Å². The molecular formula is C35H49N7O. The highest BCUT2D eigenvalue weighted by Gasteiger charge is 2.55. The number of aryl methyl sites for hydroxylation is 1. The lowest BCUT2D eigenvalue weighted by Gasteiger charge is -2.61. The lowest BCUT2D eigenvalue weighted by atomic mass is 9.47. The van der Waals surface area contributed by atoms with Gasteiger partial charge >= 0.3 is 0 Å². The van der Waals surface area contributed by atoms with Crippen LogP contribution in [0.5, 0.6) is 0 Å². The molecule has 4 bridgehead atoms. The van der Waals surface area contributed by atoms with Crippen molar-refractivity contribution in [3.63, 3.8) is 0 Å². The van der Waals surface area contributed by atoms with E-state index in [1.165, 1.54) is 88.3 Å². The first-order valence-electron chi connectivity index (χ1n) is 16.9. The molecule has 2 aromatic rings. The van der Waals surface area contributed by atoms with Crippen LogP contribution in [0.2, 0.25) is 0 Å². The zero-order valence-corrected chi connectivity index (χ0v) is 25.8.